The molecule has 1 amide bonds. The Morgan fingerprint density at radius 3 is 2.24 bits per heavy atom. The lowest BCUT2D eigenvalue weighted by Crippen LogP contribution is -2.19. The fourth-order valence-corrected chi connectivity index (χ4v) is 1.51. The van der Waals surface area contributed by atoms with E-state index in [9.17, 15) is 18.0 Å². The molecule has 0 bridgehead atoms. The first-order valence-corrected chi connectivity index (χ1v) is 7.27. The van der Waals surface area contributed by atoms with Crippen LogP contribution in [-0.4, -0.2) is 42.3 Å². The molecule has 2 heterocycles. The molecule has 0 aliphatic rings. The number of alkyl halides is 3. The maximum Gasteiger partial charge on any atom is 0.422 e. The molecule has 0 spiro atoms. The van der Waals surface area contributed by atoms with E-state index in [4.69, 9.17) is 4.74 Å². The van der Waals surface area contributed by atoms with Crippen LogP contribution in [0.3, 0.4) is 0 Å². The summed E-state index contributed by atoms with van der Waals surface area (Å²) in [4.78, 5) is 18.4. The highest BCUT2D eigenvalue weighted by molar-refractivity contribution is 5.93. The van der Waals surface area contributed by atoms with Crippen molar-refractivity contribution in [2.45, 2.75) is 13.1 Å². The second kappa shape index (κ2) is 10.1. The van der Waals surface area contributed by atoms with Crippen LogP contribution in [-0.2, 0) is 0 Å². The Morgan fingerprint density at radius 1 is 1.12 bits per heavy atom. The molecular formula is C16H18F3N3O3. The number of hydrogen-bond acceptors (Lipinski definition) is 5. The first kappa shape index (κ1) is 20.2. The fourth-order valence-electron chi connectivity index (χ4n) is 1.51. The van der Waals surface area contributed by atoms with Gasteiger partial charge in [-0.05, 0) is 19.1 Å². The van der Waals surface area contributed by atoms with Crippen LogP contribution in [0.25, 0.3) is 0 Å². The number of carbonyl (C=O) groups excluding carboxylic acids is 1. The van der Waals surface area contributed by atoms with Crippen molar-refractivity contribution < 1.29 is 27.4 Å². The van der Waals surface area contributed by atoms with Crippen LogP contribution < -0.4 is 14.8 Å². The van der Waals surface area contributed by atoms with Crippen LogP contribution in [0.2, 0.25) is 0 Å². The van der Waals surface area contributed by atoms with Crippen molar-refractivity contribution in [1.29, 1.82) is 0 Å². The van der Waals surface area contributed by atoms with Gasteiger partial charge < -0.3 is 14.8 Å². The van der Waals surface area contributed by atoms with Gasteiger partial charge in [0.1, 0.15) is 0 Å². The molecule has 6 nitrogen and oxygen atoms in total. The maximum atomic E-state index is 11.8. The second-order valence-corrected chi connectivity index (χ2v) is 4.47. The highest BCUT2D eigenvalue weighted by Crippen LogP contribution is 2.18. The lowest BCUT2D eigenvalue weighted by atomic mass is 10.2. The molecule has 2 aromatic heterocycles. The first-order valence-electron chi connectivity index (χ1n) is 7.27. The summed E-state index contributed by atoms with van der Waals surface area (Å²) in [6, 6.07) is 7.74. The van der Waals surface area contributed by atoms with Crippen LogP contribution >= 0.6 is 0 Å². The van der Waals surface area contributed by atoms with E-state index in [0.717, 1.165) is 0 Å². The fraction of sp³-hybridized carbons (Fsp3) is 0.312. The van der Waals surface area contributed by atoms with Crippen molar-refractivity contribution >= 4 is 5.91 Å². The minimum Gasteiger partial charge on any atom is -0.478 e. The summed E-state index contributed by atoms with van der Waals surface area (Å²) < 4.78 is 44.9. The Bertz CT molecular complexity index is 652. The first-order chi connectivity index (χ1) is 11.9. The molecule has 2 rings (SSSR count). The smallest absolute Gasteiger partial charge is 0.422 e. The van der Waals surface area contributed by atoms with Crippen molar-refractivity contribution in [3.8, 4) is 11.8 Å². The molecule has 136 valence electrons. The van der Waals surface area contributed by atoms with Crippen LogP contribution in [0, 0.1) is 0 Å². The van der Waals surface area contributed by atoms with Crippen LogP contribution in [0.5, 0.6) is 11.8 Å². The third kappa shape index (κ3) is 8.54. The van der Waals surface area contributed by atoms with E-state index in [0.29, 0.717) is 12.2 Å². The number of nitrogens with zero attached hydrogens (tertiary/aromatic N) is 2. The molecule has 0 saturated carbocycles. The number of amides is 1. The molecule has 1 N–H and O–H groups in total. The summed E-state index contributed by atoms with van der Waals surface area (Å²) in [7, 11) is 1.60. The molecule has 0 saturated heterocycles. The zero-order chi connectivity index (χ0) is 18.7. The van der Waals surface area contributed by atoms with Crippen LogP contribution in [0.15, 0.2) is 42.7 Å². The van der Waals surface area contributed by atoms with Gasteiger partial charge in [-0.1, -0.05) is 6.07 Å². The van der Waals surface area contributed by atoms with Crippen molar-refractivity contribution in [3.05, 3.63) is 48.3 Å². The highest BCUT2D eigenvalue weighted by atomic mass is 19.4. The highest BCUT2D eigenvalue weighted by Gasteiger charge is 2.28. The summed E-state index contributed by atoms with van der Waals surface area (Å²) in [6.07, 6.45) is -1.18. The van der Waals surface area contributed by atoms with E-state index in [1.165, 1.54) is 12.1 Å². The Hall–Kier alpha value is -2.84. The Balaban J connectivity index is 0.000000271. The Labute approximate surface area is 143 Å². The Kier molecular flexibility index (Phi) is 8.17. The molecule has 25 heavy (non-hydrogen) atoms. The van der Waals surface area contributed by atoms with E-state index in [-0.39, 0.29) is 17.7 Å². The number of aromatic nitrogens is 2. The molecule has 0 unspecified atom stereocenters. The molecule has 0 aliphatic heterocycles. The van der Waals surface area contributed by atoms with Gasteiger partial charge >= 0.3 is 6.18 Å². The van der Waals surface area contributed by atoms with Gasteiger partial charge in [-0.2, -0.15) is 18.2 Å². The van der Waals surface area contributed by atoms with Crippen LogP contribution in [0.4, 0.5) is 13.2 Å². The predicted octanol–water partition coefficient (Wildman–Crippen LogP) is 2.86. The van der Waals surface area contributed by atoms with Crippen molar-refractivity contribution in [1.82, 2.24) is 15.3 Å². The third-order valence-electron chi connectivity index (χ3n) is 2.54. The number of hydrogen-bond donors (Lipinski definition) is 1. The van der Waals surface area contributed by atoms with Gasteiger partial charge in [0.15, 0.2) is 6.61 Å². The van der Waals surface area contributed by atoms with Gasteiger partial charge in [0.2, 0.25) is 11.8 Å². The monoisotopic (exact) mass is 357 g/mol. The van der Waals surface area contributed by atoms with E-state index >= 15 is 0 Å². The number of carbonyl (C=O) groups is 1. The number of rotatable bonds is 5. The lowest BCUT2D eigenvalue weighted by Gasteiger charge is -2.09. The SMILES string of the molecule is CCOc1cccc(OCC(F)(F)F)n1.CNC(=O)c1ccncc1. The predicted molar refractivity (Wildman–Crippen MR) is 84.6 cm³/mol. The average Bonchev–Trinajstić information content (AvgIpc) is 2.61. The summed E-state index contributed by atoms with van der Waals surface area (Å²) in [5.41, 5.74) is 0.637. The third-order valence-corrected chi connectivity index (χ3v) is 2.54. The quantitative estimate of drug-likeness (QED) is 0.891. The van der Waals surface area contributed by atoms with Gasteiger partial charge in [-0.25, -0.2) is 0 Å². The van der Waals surface area contributed by atoms with E-state index in [1.54, 1.807) is 44.6 Å². The van der Waals surface area contributed by atoms with Crippen molar-refractivity contribution in [3.63, 3.8) is 0 Å². The molecule has 0 radical (unpaired) electrons. The largest absolute Gasteiger partial charge is 0.478 e. The average molecular weight is 357 g/mol. The van der Waals surface area contributed by atoms with E-state index in [2.05, 4.69) is 20.0 Å². The number of halogens is 3. The lowest BCUT2D eigenvalue weighted by molar-refractivity contribution is -0.154. The molecule has 0 aliphatic carbocycles. The zero-order valence-corrected chi connectivity index (χ0v) is 13.7. The van der Waals surface area contributed by atoms with Gasteiger partial charge in [-0.3, -0.25) is 9.78 Å². The molecule has 0 atom stereocenters. The van der Waals surface area contributed by atoms with E-state index < -0.39 is 12.8 Å². The molecule has 0 fully saturated rings. The van der Waals surface area contributed by atoms with Crippen LogP contribution in [0.1, 0.15) is 17.3 Å². The summed E-state index contributed by atoms with van der Waals surface area (Å²) in [5.74, 6) is 0.0675. The second-order valence-electron chi connectivity index (χ2n) is 4.47. The van der Waals surface area contributed by atoms with Gasteiger partial charge in [-0.15, -0.1) is 0 Å². The summed E-state index contributed by atoms with van der Waals surface area (Å²) in [5, 5.41) is 2.51. The summed E-state index contributed by atoms with van der Waals surface area (Å²) >= 11 is 0. The van der Waals surface area contributed by atoms with Crippen molar-refractivity contribution in [2.24, 2.45) is 0 Å². The molecule has 0 aromatic carbocycles. The molecular weight excluding hydrogens is 339 g/mol. The minimum atomic E-state index is -4.36. The van der Waals surface area contributed by atoms with Gasteiger partial charge in [0.05, 0.1) is 6.61 Å². The topological polar surface area (TPSA) is 73.3 Å². The zero-order valence-electron chi connectivity index (χ0n) is 13.7. The minimum absolute atomic E-state index is 0.0811. The number of ether oxygens (including phenoxy) is 2. The number of nitrogens with one attached hydrogen (secondary N) is 1. The maximum absolute atomic E-state index is 11.8. The van der Waals surface area contributed by atoms with Crippen molar-refractivity contribution in [2.75, 3.05) is 20.3 Å². The molecule has 9 heteroatoms. The normalized spacial score (nSPS) is 10.3. The molecule has 2 aromatic rings. The van der Waals surface area contributed by atoms with E-state index in [1.807, 2.05) is 0 Å². The number of pyridine rings is 2. The standard InChI is InChI=1S/C9H10F3NO2.C7H8N2O/c1-2-14-7-4-3-5-8(13-7)15-6-9(10,11)12;1-8-7(10)6-2-4-9-5-3-6/h3-5H,2,6H2,1H3;2-5H,1H3,(H,8,10). The Morgan fingerprint density at radius 2 is 1.72 bits per heavy atom. The summed E-state index contributed by atoms with van der Waals surface area (Å²) in [6.45, 7) is 0.802. The van der Waals surface area contributed by atoms with Gasteiger partial charge in [0.25, 0.3) is 5.91 Å². The van der Waals surface area contributed by atoms with Gasteiger partial charge in [0, 0.05) is 37.1 Å².